The highest BCUT2D eigenvalue weighted by Crippen LogP contribution is 2.50. The highest BCUT2D eigenvalue weighted by Gasteiger charge is 2.56. The van der Waals surface area contributed by atoms with Gasteiger partial charge in [-0.25, -0.2) is 13.2 Å². The Kier molecular flexibility index (Phi) is 4.67. The van der Waals surface area contributed by atoms with E-state index in [-0.39, 0.29) is 24.6 Å². The quantitative estimate of drug-likeness (QED) is 0.502. The van der Waals surface area contributed by atoms with Crippen molar-refractivity contribution in [1.82, 2.24) is 0 Å². The fourth-order valence-electron chi connectivity index (χ4n) is 2.96. The molecule has 2 aliphatic rings. The summed E-state index contributed by atoms with van der Waals surface area (Å²) in [7, 11) is 0. The minimum Gasteiger partial charge on any atom is -0.207 e. The summed E-state index contributed by atoms with van der Waals surface area (Å²) in [6.45, 7) is 5.59. The van der Waals surface area contributed by atoms with Gasteiger partial charge in [-0.05, 0) is 55.2 Å². The molecule has 0 amide bonds. The fraction of sp³-hybridized carbons (Fsp3) is 0.400. The normalized spacial score (nSPS) is 26.7. The molecule has 2 nitrogen and oxygen atoms in total. The van der Waals surface area contributed by atoms with Gasteiger partial charge < -0.3 is 0 Å². The maximum absolute atomic E-state index is 13.3. The number of hydrogen-bond donors (Lipinski definition) is 0. The van der Waals surface area contributed by atoms with E-state index in [2.05, 4.69) is 10.2 Å². The van der Waals surface area contributed by atoms with Gasteiger partial charge in [-0.15, -0.1) is 0 Å². The molecule has 0 aromatic heterocycles. The molecule has 2 atom stereocenters. The second kappa shape index (κ2) is 6.62. The van der Waals surface area contributed by atoms with Crippen LogP contribution in [0.5, 0.6) is 0 Å². The molecule has 5 heteroatoms. The van der Waals surface area contributed by atoms with Gasteiger partial charge in [0.1, 0.15) is 5.82 Å². The Hall–Kier alpha value is -2.17. The standard InChI is InChI=1S/C20H21F3N2/c1-12-4-5-15(18-7-6-17(21)8-13(18)2)10-19(12)25-24-14(3)9-16-11-20(16,22)23/h4-8,10,12,16H,9,11H2,1-3H3/b24-14+,25-19-. The summed E-state index contributed by atoms with van der Waals surface area (Å²) in [6.07, 6.45) is 6.15. The third-order valence-corrected chi connectivity index (χ3v) is 4.67. The molecule has 0 N–H and O–H groups in total. The Bertz CT molecular complexity index is 803. The van der Waals surface area contributed by atoms with E-state index in [1.54, 1.807) is 13.0 Å². The second-order valence-electron chi connectivity index (χ2n) is 6.93. The highest BCUT2D eigenvalue weighted by molar-refractivity contribution is 6.07. The lowest BCUT2D eigenvalue weighted by Crippen LogP contribution is -2.10. The van der Waals surface area contributed by atoms with Crippen molar-refractivity contribution < 1.29 is 13.2 Å². The van der Waals surface area contributed by atoms with Crippen molar-refractivity contribution in [3.05, 3.63) is 53.4 Å². The molecule has 25 heavy (non-hydrogen) atoms. The summed E-state index contributed by atoms with van der Waals surface area (Å²) in [6, 6.07) is 4.68. The van der Waals surface area contributed by atoms with Gasteiger partial charge in [-0.2, -0.15) is 10.2 Å². The van der Waals surface area contributed by atoms with Crippen molar-refractivity contribution in [3.63, 3.8) is 0 Å². The van der Waals surface area contributed by atoms with E-state index < -0.39 is 11.8 Å². The third-order valence-electron chi connectivity index (χ3n) is 4.67. The molecule has 132 valence electrons. The zero-order chi connectivity index (χ0) is 18.2. The number of halogens is 3. The van der Waals surface area contributed by atoms with Gasteiger partial charge in [-0.3, -0.25) is 0 Å². The van der Waals surface area contributed by atoms with Crippen LogP contribution in [0, 0.1) is 24.6 Å². The Morgan fingerprint density at radius 3 is 2.68 bits per heavy atom. The Labute approximate surface area is 145 Å². The molecule has 1 aromatic rings. The van der Waals surface area contributed by atoms with E-state index in [1.165, 1.54) is 12.1 Å². The van der Waals surface area contributed by atoms with Crippen molar-refractivity contribution in [2.45, 2.75) is 39.5 Å². The smallest absolute Gasteiger partial charge is 0.207 e. The Morgan fingerprint density at radius 2 is 2.04 bits per heavy atom. The minimum atomic E-state index is -2.53. The average molecular weight is 346 g/mol. The van der Waals surface area contributed by atoms with Crippen molar-refractivity contribution in [2.24, 2.45) is 22.0 Å². The van der Waals surface area contributed by atoms with Gasteiger partial charge in [0.25, 0.3) is 5.92 Å². The molecular weight excluding hydrogens is 325 g/mol. The van der Waals surface area contributed by atoms with Crippen LogP contribution in [0.15, 0.2) is 46.6 Å². The maximum Gasteiger partial charge on any atom is 0.252 e. The van der Waals surface area contributed by atoms with Crippen molar-refractivity contribution in [1.29, 1.82) is 0 Å². The highest BCUT2D eigenvalue weighted by atomic mass is 19.3. The molecule has 0 heterocycles. The molecule has 0 radical (unpaired) electrons. The SMILES string of the molecule is C/C(CC1CC1(F)F)=N\N=C1\C=C(c2ccc(F)cc2C)C=CC1C. The first-order chi connectivity index (χ1) is 11.8. The van der Waals surface area contributed by atoms with Crippen LogP contribution in [0.25, 0.3) is 5.57 Å². The third kappa shape index (κ3) is 4.09. The number of nitrogens with zero attached hydrogens (tertiary/aromatic N) is 2. The molecule has 0 saturated heterocycles. The predicted octanol–water partition coefficient (Wildman–Crippen LogP) is 5.59. The predicted molar refractivity (Wildman–Crippen MR) is 95.6 cm³/mol. The van der Waals surface area contributed by atoms with E-state index in [9.17, 15) is 13.2 Å². The van der Waals surface area contributed by atoms with E-state index in [4.69, 9.17) is 0 Å². The molecule has 3 rings (SSSR count). The molecule has 0 aliphatic heterocycles. The topological polar surface area (TPSA) is 24.7 Å². The van der Waals surface area contributed by atoms with Crippen LogP contribution < -0.4 is 0 Å². The van der Waals surface area contributed by atoms with Crippen LogP contribution in [0.1, 0.15) is 37.8 Å². The molecular formula is C20H21F3N2. The zero-order valence-electron chi connectivity index (χ0n) is 14.6. The van der Waals surface area contributed by atoms with Crippen LogP contribution in [-0.2, 0) is 0 Å². The van der Waals surface area contributed by atoms with Gasteiger partial charge in [0.15, 0.2) is 0 Å². The van der Waals surface area contributed by atoms with Gasteiger partial charge in [0, 0.05) is 24.0 Å². The van der Waals surface area contributed by atoms with Crippen molar-refractivity contribution in [3.8, 4) is 0 Å². The minimum absolute atomic E-state index is 0.0521. The van der Waals surface area contributed by atoms with Crippen LogP contribution in [0.4, 0.5) is 13.2 Å². The lowest BCUT2D eigenvalue weighted by molar-refractivity contribution is 0.100. The summed E-state index contributed by atoms with van der Waals surface area (Å²) >= 11 is 0. The first-order valence-corrected chi connectivity index (χ1v) is 8.41. The lowest BCUT2D eigenvalue weighted by Gasteiger charge is -2.15. The first kappa shape index (κ1) is 17.6. The first-order valence-electron chi connectivity index (χ1n) is 8.41. The molecule has 1 aromatic carbocycles. The monoisotopic (exact) mass is 346 g/mol. The lowest BCUT2D eigenvalue weighted by atomic mass is 9.91. The largest absolute Gasteiger partial charge is 0.252 e. The molecule has 1 saturated carbocycles. The van der Waals surface area contributed by atoms with Gasteiger partial charge in [0.2, 0.25) is 0 Å². The van der Waals surface area contributed by atoms with Gasteiger partial charge >= 0.3 is 0 Å². The van der Waals surface area contributed by atoms with E-state index in [0.29, 0.717) is 5.71 Å². The molecule has 0 bridgehead atoms. The second-order valence-corrected chi connectivity index (χ2v) is 6.93. The van der Waals surface area contributed by atoms with E-state index in [1.807, 2.05) is 32.1 Å². The van der Waals surface area contributed by atoms with Crippen LogP contribution in [-0.4, -0.2) is 17.3 Å². The van der Waals surface area contributed by atoms with E-state index in [0.717, 1.165) is 22.4 Å². The Morgan fingerprint density at radius 1 is 1.32 bits per heavy atom. The summed E-state index contributed by atoms with van der Waals surface area (Å²) in [5, 5.41) is 8.42. The number of aryl methyl sites for hydroxylation is 1. The average Bonchev–Trinajstić information content (AvgIpc) is 3.13. The van der Waals surface area contributed by atoms with Gasteiger partial charge in [-0.1, -0.05) is 25.1 Å². The molecule has 2 aliphatic carbocycles. The van der Waals surface area contributed by atoms with E-state index >= 15 is 0 Å². The fourth-order valence-corrected chi connectivity index (χ4v) is 2.96. The van der Waals surface area contributed by atoms with Gasteiger partial charge in [0.05, 0.1) is 5.71 Å². The molecule has 2 unspecified atom stereocenters. The molecule has 0 spiro atoms. The van der Waals surface area contributed by atoms with Crippen LogP contribution in [0.2, 0.25) is 0 Å². The van der Waals surface area contributed by atoms with Crippen LogP contribution >= 0.6 is 0 Å². The number of hydrogen-bond acceptors (Lipinski definition) is 2. The van der Waals surface area contributed by atoms with Crippen LogP contribution in [0.3, 0.4) is 0 Å². The number of allylic oxidation sites excluding steroid dienone is 4. The summed E-state index contributed by atoms with van der Waals surface area (Å²) in [5.41, 5.74) is 4.11. The van der Waals surface area contributed by atoms with Crippen molar-refractivity contribution >= 4 is 17.0 Å². The zero-order valence-corrected chi connectivity index (χ0v) is 14.6. The molecule has 1 fully saturated rings. The summed E-state index contributed by atoms with van der Waals surface area (Å²) in [5.74, 6) is -3.30. The number of benzene rings is 1. The maximum atomic E-state index is 13.3. The summed E-state index contributed by atoms with van der Waals surface area (Å²) < 4.78 is 39.3. The summed E-state index contributed by atoms with van der Waals surface area (Å²) in [4.78, 5) is 0. The number of rotatable bonds is 4. The number of alkyl halides is 2. The Balaban J connectivity index is 1.80. The van der Waals surface area contributed by atoms with Crippen molar-refractivity contribution in [2.75, 3.05) is 0 Å².